The lowest BCUT2D eigenvalue weighted by Gasteiger charge is -2.33. The number of hydrogen-bond acceptors (Lipinski definition) is 2. The van der Waals surface area contributed by atoms with Gasteiger partial charge in [0.05, 0.1) is 5.25 Å². The van der Waals surface area contributed by atoms with E-state index in [0.717, 1.165) is 38.1 Å². The lowest BCUT2D eigenvalue weighted by atomic mass is 9.90. The molecule has 1 unspecified atom stereocenters. The molecule has 0 aliphatic carbocycles. The van der Waals surface area contributed by atoms with Crippen LogP contribution in [0.4, 0.5) is 0 Å². The summed E-state index contributed by atoms with van der Waals surface area (Å²) >= 11 is 1.74. The van der Waals surface area contributed by atoms with Gasteiger partial charge in [0.25, 0.3) is 0 Å². The molecule has 0 radical (unpaired) electrons. The fourth-order valence-electron chi connectivity index (χ4n) is 3.43. The molecule has 0 aromatic heterocycles. The number of hydrogen-bond donors (Lipinski definition) is 0. The number of carbonyl (C=O) groups is 1. The van der Waals surface area contributed by atoms with Gasteiger partial charge < -0.3 is 4.90 Å². The summed E-state index contributed by atoms with van der Waals surface area (Å²) in [7, 11) is 0. The zero-order valence-electron chi connectivity index (χ0n) is 14.9. The van der Waals surface area contributed by atoms with E-state index < -0.39 is 0 Å². The van der Waals surface area contributed by atoms with Crippen LogP contribution >= 0.6 is 11.8 Å². The number of piperidine rings is 1. The summed E-state index contributed by atoms with van der Waals surface area (Å²) in [5, 5.41) is 0.0332. The Hall–Kier alpha value is -1.74. The van der Waals surface area contributed by atoms with Gasteiger partial charge in [-0.3, -0.25) is 4.79 Å². The molecule has 132 valence electrons. The van der Waals surface area contributed by atoms with Gasteiger partial charge in [-0.05, 0) is 43.2 Å². The Morgan fingerprint density at radius 1 is 1.00 bits per heavy atom. The third kappa shape index (κ3) is 5.37. The van der Waals surface area contributed by atoms with Crippen molar-refractivity contribution in [1.82, 2.24) is 4.90 Å². The fraction of sp³-hybridized carbons (Fsp3) is 0.409. The second kappa shape index (κ2) is 9.10. The summed E-state index contributed by atoms with van der Waals surface area (Å²) in [5.74, 6) is 1.91. The molecular weight excluding hydrogens is 326 g/mol. The summed E-state index contributed by atoms with van der Waals surface area (Å²) in [5.41, 5.74) is 2.70. The zero-order chi connectivity index (χ0) is 17.5. The van der Waals surface area contributed by atoms with Gasteiger partial charge in [-0.2, -0.15) is 0 Å². The molecule has 1 aliphatic rings. The van der Waals surface area contributed by atoms with Crippen LogP contribution in [-0.2, 0) is 17.0 Å². The Morgan fingerprint density at radius 2 is 1.56 bits per heavy atom. The quantitative estimate of drug-likeness (QED) is 0.744. The van der Waals surface area contributed by atoms with Crippen LogP contribution in [0.15, 0.2) is 60.7 Å². The van der Waals surface area contributed by atoms with Gasteiger partial charge in [0.1, 0.15) is 0 Å². The smallest absolute Gasteiger partial charge is 0.235 e. The average molecular weight is 354 g/mol. The van der Waals surface area contributed by atoms with Crippen LogP contribution in [-0.4, -0.2) is 29.1 Å². The van der Waals surface area contributed by atoms with Gasteiger partial charge in [-0.1, -0.05) is 60.7 Å². The van der Waals surface area contributed by atoms with Crippen LogP contribution in [0, 0.1) is 5.92 Å². The predicted molar refractivity (Wildman–Crippen MR) is 107 cm³/mol. The number of likely N-dealkylation sites (tertiary alicyclic amines) is 1. The first-order chi connectivity index (χ1) is 12.2. The number of amides is 1. The lowest BCUT2D eigenvalue weighted by molar-refractivity contribution is -0.131. The van der Waals surface area contributed by atoms with Gasteiger partial charge >= 0.3 is 0 Å². The van der Waals surface area contributed by atoms with E-state index in [2.05, 4.69) is 59.5 Å². The van der Waals surface area contributed by atoms with Crippen molar-refractivity contribution in [2.75, 3.05) is 13.1 Å². The van der Waals surface area contributed by atoms with Crippen LogP contribution in [0.1, 0.15) is 30.9 Å². The van der Waals surface area contributed by atoms with E-state index in [1.165, 1.54) is 11.1 Å². The maximum atomic E-state index is 12.7. The molecule has 1 saturated heterocycles. The van der Waals surface area contributed by atoms with E-state index in [4.69, 9.17) is 0 Å². The highest BCUT2D eigenvalue weighted by molar-refractivity contribution is 7.99. The summed E-state index contributed by atoms with van der Waals surface area (Å²) in [6, 6.07) is 21.1. The SMILES string of the molecule is CC(SCc1ccccc1)C(=O)N1CCC(Cc2ccccc2)CC1. The number of nitrogens with zero attached hydrogens (tertiary/aromatic N) is 1. The predicted octanol–water partition coefficient (Wildman–Crippen LogP) is 4.79. The Morgan fingerprint density at radius 3 is 2.16 bits per heavy atom. The third-order valence-corrected chi connectivity index (χ3v) is 6.19. The van der Waals surface area contributed by atoms with Crippen molar-refractivity contribution in [3.05, 3.63) is 71.8 Å². The highest BCUT2D eigenvalue weighted by Crippen LogP contribution is 2.25. The number of rotatable bonds is 6. The second-order valence-electron chi connectivity index (χ2n) is 6.90. The van der Waals surface area contributed by atoms with Gasteiger partial charge in [-0.25, -0.2) is 0 Å². The minimum Gasteiger partial charge on any atom is -0.342 e. The molecule has 1 atom stereocenters. The van der Waals surface area contributed by atoms with E-state index in [-0.39, 0.29) is 5.25 Å². The third-order valence-electron chi connectivity index (χ3n) is 4.98. The van der Waals surface area contributed by atoms with E-state index in [0.29, 0.717) is 11.8 Å². The van der Waals surface area contributed by atoms with E-state index in [1.807, 2.05) is 13.0 Å². The summed E-state index contributed by atoms with van der Waals surface area (Å²) in [6.07, 6.45) is 3.38. The number of thioether (sulfide) groups is 1. The Kier molecular flexibility index (Phi) is 6.57. The summed E-state index contributed by atoms with van der Waals surface area (Å²) < 4.78 is 0. The molecular formula is C22H27NOS. The molecule has 1 heterocycles. The van der Waals surface area contributed by atoms with Gasteiger partial charge in [0, 0.05) is 18.8 Å². The molecule has 2 aromatic carbocycles. The molecule has 1 fully saturated rings. The Labute approximate surface area is 155 Å². The zero-order valence-corrected chi connectivity index (χ0v) is 15.8. The van der Waals surface area contributed by atoms with Crippen molar-refractivity contribution < 1.29 is 4.79 Å². The Bertz CT molecular complexity index is 650. The molecule has 2 nitrogen and oxygen atoms in total. The van der Waals surface area contributed by atoms with Crippen molar-refractivity contribution in [3.8, 4) is 0 Å². The normalized spacial score (nSPS) is 16.6. The minimum absolute atomic E-state index is 0.0332. The van der Waals surface area contributed by atoms with Crippen LogP contribution in [0.2, 0.25) is 0 Å². The van der Waals surface area contributed by atoms with Crippen LogP contribution in [0.5, 0.6) is 0 Å². The molecule has 3 heteroatoms. The van der Waals surface area contributed by atoms with Crippen LogP contribution in [0.3, 0.4) is 0 Å². The molecule has 25 heavy (non-hydrogen) atoms. The molecule has 0 bridgehead atoms. The molecule has 1 aliphatic heterocycles. The molecule has 0 saturated carbocycles. The average Bonchev–Trinajstić information content (AvgIpc) is 2.68. The molecule has 0 N–H and O–H groups in total. The van der Waals surface area contributed by atoms with Crippen molar-refractivity contribution in [1.29, 1.82) is 0 Å². The largest absolute Gasteiger partial charge is 0.342 e. The fourth-order valence-corrected chi connectivity index (χ4v) is 4.36. The van der Waals surface area contributed by atoms with E-state index in [1.54, 1.807) is 11.8 Å². The number of benzene rings is 2. The summed E-state index contributed by atoms with van der Waals surface area (Å²) in [4.78, 5) is 14.8. The van der Waals surface area contributed by atoms with Gasteiger partial charge in [0.15, 0.2) is 0 Å². The van der Waals surface area contributed by atoms with Crippen LogP contribution < -0.4 is 0 Å². The molecule has 1 amide bonds. The standard InChI is InChI=1S/C22H27NOS/c1-18(25-17-21-10-6-3-7-11-21)22(24)23-14-12-20(13-15-23)16-19-8-4-2-5-9-19/h2-11,18,20H,12-17H2,1H3. The van der Waals surface area contributed by atoms with Gasteiger partial charge in [0.2, 0.25) is 5.91 Å². The first-order valence-electron chi connectivity index (χ1n) is 9.20. The Balaban J connectivity index is 1.43. The maximum absolute atomic E-state index is 12.7. The van der Waals surface area contributed by atoms with E-state index in [9.17, 15) is 4.79 Å². The van der Waals surface area contributed by atoms with Crippen molar-refractivity contribution in [3.63, 3.8) is 0 Å². The molecule has 2 aromatic rings. The molecule has 3 rings (SSSR count). The van der Waals surface area contributed by atoms with Crippen molar-refractivity contribution in [2.45, 2.75) is 37.2 Å². The van der Waals surface area contributed by atoms with Crippen molar-refractivity contribution >= 4 is 17.7 Å². The number of carbonyl (C=O) groups excluding carboxylic acids is 1. The monoisotopic (exact) mass is 353 g/mol. The highest BCUT2D eigenvalue weighted by Gasteiger charge is 2.26. The first kappa shape index (κ1) is 18.1. The minimum atomic E-state index is 0.0332. The molecule has 0 spiro atoms. The van der Waals surface area contributed by atoms with Gasteiger partial charge in [-0.15, -0.1) is 11.8 Å². The first-order valence-corrected chi connectivity index (χ1v) is 10.3. The van der Waals surface area contributed by atoms with E-state index >= 15 is 0 Å². The maximum Gasteiger partial charge on any atom is 0.235 e. The highest BCUT2D eigenvalue weighted by atomic mass is 32.2. The lowest BCUT2D eigenvalue weighted by Crippen LogP contribution is -2.42. The second-order valence-corrected chi connectivity index (χ2v) is 8.23. The topological polar surface area (TPSA) is 20.3 Å². The van der Waals surface area contributed by atoms with Crippen LogP contribution in [0.25, 0.3) is 0 Å². The summed E-state index contributed by atoms with van der Waals surface area (Å²) in [6.45, 7) is 3.87. The van der Waals surface area contributed by atoms with Crippen molar-refractivity contribution in [2.24, 2.45) is 5.92 Å².